The molecule has 7 nitrogen and oxygen atoms in total. The van der Waals surface area contributed by atoms with Gasteiger partial charge in [-0.3, -0.25) is 14.5 Å². The van der Waals surface area contributed by atoms with Gasteiger partial charge in [0.2, 0.25) is 5.91 Å². The monoisotopic (exact) mass is 462 g/mol. The number of hydrogen-bond donors (Lipinski definition) is 1. The largest absolute Gasteiger partial charge is 0.494 e. The van der Waals surface area contributed by atoms with Gasteiger partial charge in [-0.2, -0.15) is 0 Å². The highest BCUT2D eigenvalue weighted by Crippen LogP contribution is 2.32. The van der Waals surface area contributed by atoms with Gasteiger partial charge in [0.1, 0.15) is 18.0 Å². The van der Waals surface area contributed by atoms with E-state index in [0.29, 0.717) is 23.1 Å². The van der Waals surface area contributed by atoms with Crippen LogP contribution in [-0.4, -0.2) is 40.0 Å². The van der Waals surface area contributed by atoms with Crippen molar-refractivity contribution in [3.8, 4) is 5.75 Å². The number of nitrogens with two attached hydrogens (primary N) is 1. The van der Waals surface area contributed by atoms with Crippen molar-refractivity contribution in [1.29, 1.82) is 0 Å². The molecule has 2 amide bonds. The predicted molar refractivity (Wildman–Crippen MR) is 134 cm³/mol. The lowest BCUT2D eigenvalue weighted by Crippen LogP contribution is -2.31. The first-order valence-corrected chi connectivity index (χ1v) is 11.2. The predicted octanol–water partition coefficient (Wildman–Crippen LogP) is 3.69. The van der Waals surface area contributed by atoms with Gasteiger partial charge in [0.05, 0.1) is 17.8 Å². The summed E-state index contributed by atoms with van der Waals surface area (Å²) in [6.07, 6.45) is 4.50. The van der Waals surface area contributed by atoms with E-state index < -0.39 is 5.91 Å². The second-order valence-corrected chi connectivity index (χ2v) is 8.15. The van der Waals surface area contributed by atoms with Gasteiger partial charge in [-0.15, -0.1) is 0 Å². The summed E-state index contributed by atoms with van der Waals surface area (Å²) in [7, 11) is 1.78. The number of ether oxygens (including phenoxy) is 1. The summed E-state index contributed by atoms with van der Waals surface area (Å²) >= 11 is 5.59. The summed E-state index contributed by atoms with van der Waals surface area (Å²) in [6, 6.07) is 13.3. The second-order valence-electron chi connectivity index (χ2n) is 7.78. The number of primary amides is 1. The zero-order valence-corrected chi connectivity index (χ0v) is 19.7. The van der Waals surface area contributed by atoms with Gasteiger partial charge in [-0.25, -0.2) is 0 Å². The molecule has 0 saturated carbocycles. The molecule has 0 radical (unpaired) electrons. The van der Waals surface area contributed by atoms with Crippen molar-refractivity contribution in [1.82, 2.24) is 9.47 Å². The first-order valence-electron chi connectivity index (χ1n) is 10.8. The van der Waals surface area contributed by atoms with E-state index in [1.807, 2.05) is 66.2 Å². The smallest absolute Gasteiger partial charge is 0.281 e. The van der Waals surface area contributed by atoms with Crippen LogP contribution in [0.25, 0.3) is 17.0 Å². The zero-order valence-electron chi connectivity index (χ0n) is 18.9. The van der Waals surface area contributed by atoms with E-state index in [-0.39, 0.29) is 12.5 Å². The molecule has 2 N–H and O–H groups in total. The highest BCUT2D eigenvalue weighted by molar-refractivity contribution is 7.80. The maximum absolute atomic E-state index is 13.4. The number of fused-ring (bicyclic) bond motifs is 1. The Morgan fingerprint density at radius 3 is 2.52 bits per heavy atom. The number of nitrogens with zero attached hydrogens (tertiary/aromatic N) is 3. The van der Waals surface area contributed by atoms with Crippen LogP contribution in [0.3, 0.4) is 0 Å². The standard InChI is InChI=1S/C25H26N4O3S/c1-4-16-7-6-8-20-17(14-28(23(16)20)15-22(26)30)13-21-24(31)29(25(33)27(21)3)18-9-11-19(12-10-18)32-5-2/h6-14H,4-5,15H2,1-3H3,(H2,26,30)/b21-13-. The van der Waals surface area contributed by atoms with E-state index >= 15 is 0 Å². The van der Waals surface area contributed by atoms with Crippen LogP contribution in [0.2, 0.25) is 0 Å². The van der Waals surface area contributed by atoms with Gasteiger partial charge in [-0.1, -0.05) is 25.1 Å². The van der Waals surface area contributed by atoms with Crippen molar-refractivity contribution in [2.75, 3.05) is 18.6 Å². The molecular formula is C25H26N4O3S. The van der Waals surface area contributed by atoms with E-state index in [0.717, 1.165) is 34.2 Å². The molecule has 0 spiro atoms. The third kappa shape index (κ3) is 4.09. The topological polar surface area (TPSA) is 80.8 Å². The van der Waals surface area contributed by atoms with Gasteiger partial charge in [0.15, 0.2) is 5.11 Å². The second kappa shape index (κ2) is 9.07. The Morgan fingerprint density at radius 2 is 1.88 bits per heavy atom. The summed E-state index contributed by atoms with van der Waals surface area (Å²) in [5.74, 6) is 0.0972. The van der Waals surface area contributed by atoms with Gasteiger partial charge in [-0.05, 0) is 61.5 Å². The molecule has 1 aromatic heterocycles. The van der Waals surface area contributed by atoms with Crippen molar-refractivity contribution in [2.24, 2.45) is 5.73 Å². The minimum atomic E-state index is -0.422. The molecule has 0 aliphatic carbocycles. The first-order chi connectivity index (χ1) is 15.8. The van der Waals surface area contributed by atoms with Crippen LogP contribution >= 0.6 is 12.2 Å². The fourth-order valence-corrected chi connectivity index (χ4v) is 4.43. The molecule has 1 saturated heterocycles. The average Bonchev–Trinajstić information content (AvgIpc) is 3.24. The lowest BCUT2D eigenvalue weighted by Gasteiger charge is -2.16. The number of hydrogen-bond acceptors (Lipinski definition) is 4. The number of carbonyl (C=O) groups excluding carboxylic acids is 2. The van der Waals surface area contributed by atoms with Gasteiger partial charge in [0.25, 0.3) is 5.91 Å². The Morgan fingerprint density at radius 1 is 1.15 bits per heavy atom. The van der Waals surface area contributed by atoms with E-state index in [2.05, 4.69) is 6.92 Å². The van der Waals surface area contributed by atoms with Crippen LogP contribution in [0.15, 0.2) is 54.4 Å². The van der Waals surface area contributed by atoms with Crippen molar-refractivity contribution in [3.63, 3.8) is 0 Å². The lowest BCUT2D eigenvalue weighted by molar-refractivity contribution is -0.118. The van der Waals surface area contributed by atoms with Crippen LogP contribution in [0.1, 0.15) is 25.0 Å². The minimum absolute atomic E-state index is 0.0667. The Kier molecular flexibility index (Phi) is 6.20. The van der Waals surface area contributed by atoms with Crippen molar-refractivity contribution < 1.29 is 14.3 Å². The number of aryl methyl sites for hydroxylation is 1. The Hall–Kier alpha value is -3.65. The van der Waals surface area contributed by atoms with Crippen LogP contribution in [-0.2, 0) is 22.6 Å². The molecule has 170 valence electrons. The zero-order chi connectivity index (χ0) is 23.7. The van der Waals surface area contributed by atoms with Crippen molar-refractivity contribution in [2.45, 2.75) is 26.8 Å². The summed E-state index contributed by atoms with van der Waals surface area (Å²) < 4.78 is 7.35. The number of benzene rings is 2. The highest BCUT2D eigenvalue weighted by atomic mass is 32.1. The molecule has 4 rings (SSSR count). The maximum Gasteiger partial charge on any atom is 0.281 e. The number of thiocarbonyl (C=S) groups is 1. The quantitative estimate of drug-likeness (QED) is 0.428. The van der Waals surface area contributed by atoms with E-state index in [1.165, 1.54) is 4.90 Å². The molecule has 0 atom stereocenters. The number of aromatic nitrogens is 1. The molecule has 1 aliphatic heterocycles. The molecular weight excluding hydrogens is 436 g/mol. The first kappa shape index (κ1) is 22.5. The maximum atomic E-state index is 13.4. The third-order valence-electron chi connectivity index (χ3n) is 5.68. The Labute approximate surface area is 198 Å². The van der Waals surface area contributed by atoms with E-state index in [4.69, 9.17) is 22.7 Å². The fourth-order valence-electron chi connectivity index (χ4n) is 4.15. The molecule has 0 bridgehead atoms. The van der Waals surface area contributed by atoms with Crippen molar-refractivity contribution >= 4 is 51.8 Å². The van der Waals surface area contributed by atoms with Crippen molar-refractivity contribution in [3.05, 3.63) is 65.5 Å². The molecule has 0 unspecified atom stereocenters. The van der Waals surface area contributed by atoms with Crippen LogP contribution in [0.4, 0.5) is 5.69 Å². The molecule has 2 aromatic carbocycles. The number of anilines is 1. The normalized spacial score (nSPS) is 15.2. The number of carbonyl (C=O) groups is 2. The molecule has 3 aromatic rings. The Bertz CT molecular complexity index is 1280. The van der Waals surface area contributed by atoms with Crippen LogP contribution in [0.5, 0.6) is 5.75 Å². The molecule has 8 heteroatoms. The number of rotatable bonds is 7. The van der Waals surface area contributed by atoms with Gasteiger partial charge in [0, 0.05) is 24.2 Å². The number of amides is 2. The molecule has 33 heavy (non-hydrogen) atoms. The summed E-state index contributed by atoms with van der Waals surface area (Å²) in [5.41, 5.74) is 9.49. The Balaban J connectivity index is 1.77. The average molecular weight is 463 g/mol. The molecule has 2 heterocycles. The van der Waals surface area contributed by atoms with E-state index in [1.54, 1.807) is 11.9 Å². The number of para-hydroxylation sites is 1. The van der Waals surface area contributed by atoms with Gasteiger partial charge < -0.3 is 19.9 Å². The third-order valence-corrected chi connectivity index (χ3v) is 6.14. The van der Waals surface area contributed by atoms with E-state index in [9.17, 15) is 9.59 Å². The summed E-state index contributed by atoms with van der Waals surface area (Å²) in [4.78, 5) is 28.3. The lowest BCUT2D eigenvalue weighted by atomic mass is 10.1. The molecule has 1 fully saturated rings. The molecule has 1 aliphatic rings. The fraction of sp³-hybridized carbons (Fsp3) is 0.240. The number of likely N-dealkylation sites (N-methyl/N-ethyl adjacent to an activating group) is 1. The van der Waals surface area contributed by atoms with Crippen LogP contribution < -0.4 is 15.4 Å². The SMILES string of the molecule is CCOc1ccc(N2C(=O)/C(=C/c3cn(CC(N)=O)c4c(CC)cccc34)N(C)C2=S)cc1. The summed E-state index contributed by atoms with van der Waals surface area (Å²) in [6.45, 7) is 4.62. The van der Waals surface area contributed by atoms with Crippen LogP contribution in [0, 0.1) is 0 Å². The minimum Gasteiger partial charge on any atom is -0.494 e. The van der Waals surface area contributed by atoms with Gasteiger partial charge >= 0.3 is 0 Å². The summed E-state index contributed by atoms with van der Waals surface area (Å²) in [5, 5.41) is 1.35. The highest BCUT2D eigenvalue weighted by Gasteiger charge is 2.37.